The molecule has 0 radical (unpaired) electrons. The Morgan fingerprint density at radius 2 is 1.89 bits per heavy atom. The van der Waals surface area contributed by atoms with Gasteiger partial charge >= 0.3 is 0 Å². The molecule has 0 N–H and O–H groups in total. The molecule has 0 unspecified atom stereocenters. The fourth-order valence-corrected chi connectivity index (χ4v) is 3.35. The van der Waals surface area contributed by atoms with Crippen molar-refractivity contribution in [3.05, 3.63) is 33.3 Å². The predicted octanol–water partition coefficient (Wildman–Crippen LogP) is 3.38. The smallest absolute Gasteiger partial charge is 0.0462 e. The van der Waals surface area contributed by atoms with Crippen LogP contribution >= 0.6 is 27.5 Å². The monoisotopic (exact) mass is 328 g/mol. The van der Waals surface area contributed by atoms with Gasteiger partial charge in [-0.1, -0.05) is 33.6 Å². The minimum atomic E-state index is 0.869. The maximum absolute atomic E-state index is 6.27. The first-order valence-corrected chi connectivity index (χ1v) is 7.80. The summed E-state index contributed by atoms with van der Waals surface area (Å²) in [5, 5.41) is 0.869. The standard InChI is InChI=1S/C14H18BrClN2/c15-12-2-1-11(14(16)9-12)10-17-5-7-18(8-6-17)13-3-4-13/h1-2,9,13H,3-8,10H2. The van der Waals surface area contributed by atoms with Crippen LogP contribution in [-0.4, -0.2) is 42.0 Å². The molecule has 3 rings (SSSR count). The number of halogens is 2. The first-order valence-electron chi connectivity index (χ1n) is 6.63. The highest BCUT2D eigenvalue weighted by Crippen LogP contribution is 2.28. The first kappa shape index (κ1) is 12.9. The third kappa shape index (κ3) is 3.08. The van der Waals surface area contributed by atoms with Crippen LogP contribution in [0.1, 0.15) is 18.4 Å². The van der Waals surface area contributed by atoms with Gasteiger partial charge in [0.15, 0.2) is 0 Å². The lowest BCUT2D eigenvalue weighted by atomic mass is 10.2. The summed E-state index contributed by atoms with van der Waals surface area (Å²) in [5.74, 6) is 0. The van der Waals surface area contributed by atoms with E-state index >= 15 is 0 Å². The van der Waals surface area contributed by atoms with E-state index in [1.807, 2.05) is 6.07 Å². The van der Waals surface area contributed by atoms with Crippen LogP contribution in [0.5, 0.6) is 0 Å². The van der Waals surface area contributed by atoms with Gasteiger partial charge in [0.1, 0.15) is 0 Å². The summed E-state index contributed by atoms with van der Waals surface area (Å²) in [6, 6.07) is 7.09. The second kappa shape index (κ2) is 5.49. The summed E-state index contributed by atoms with van der Waals surface area (Å²) in [6.07, 6.45) is 2.83. The van der Waals surface area contributed by atoms with E-state index in [0.717, 1.165) is 22.1 Å². The van der Waals surface area contributed by atoms with E-state index < -0.39 is 0 Å². The van der Waals surface area contributed by atoms with Gasteiger partial charge in [-0.2, -0.15) is 0 Å². The Balaban J connectivity index is 1.56. The number of hydrogen-bond donors (Lipinski definition) is 0. The molecule has 1 aliphatic carbocycles. The van der Waals surface area contributed by atoms with E-state index in [0.29, 0.717) is 0 Å². The molecule has 4 heteroatoms. The van der Waals surface area contributed by atoms with Crippen molar-refractivity contribution in [2.75, 3.05) is 26.2 Å². The molecule has 1 aromatic rings. The Kier molecular flexibility index (Phi) is 3.94. The van der Waals surface area contributed by atoms with Crippen LogP contribution in [0.25, 0.3) is 0 Å². The second-order valence-corrected chi connectivity index (χ2v) is 6.60. The lowest BCUT2D eigenvalue weighted by molar-refractivity contribution is 0.121. The average molecular weight is 330 g/mol. The molecule has 2 aliphatic rings. The molecule has 1 aromatic carbocycles. The zero-order valence-corrected chi connectivity index (χ0v) is 12.8. The molecule has 0 amide bonds. The maximum Gasteiger partial charge on any atom is 0.0462 e. The maximum atomic E-state index is 6.27. The minimum Gasteiger partial charge on any atom is -0.298 e. The number of nitrogens with zero attached hydrogens (tertiary/aromatic N) is 2. The van der Waals surface area contributed by atoms with Gasteiger partial charge in [0.05, 0.1) is 0 Å². The van der Waals surface area contributed by atoms with Gasteiger partial charge in [0, 0.05) is 48.3 Å². The highest BCUT2D eigenvalue weighted by molar-refractivity contribution is 9.10. The fourth-order valence-electron chi connectivity index (χ4n) is 2.62. The molecule has 18 heavy (non-hydrogen) atoms. The lowest BCUT2D eigenvalue weighted by Gasteiger charge is -2.34. The van der Waals surface area contributed by atoms with Gasteiger partial charge in [-0.3, -0.25) is 9.80 Å². The van der Waals surface area contributed by atoms with Crippen LogP contribution < -0.4 is 0 Å². The molecule has 0 bridgehead atoms. The van der Waals surface area contributed by atoms with Crippen LogP contribution in [0.2, 0.25) is 5.02 Å². The Bertz CT molecular complexity index is 426. The molecule has 1 aliphatic heterocycles. The van der Waals surface area contributed by atoms with Crippen molar-refractivity contribution in [2.24, 2.45) is 0 Å². The average Bonchev–Trinajstić information content (AvgIpc) is 3.18. The predicted molar refractivity (Wildman–Crippen MR) is 79.0 cm³/mol. The number of rotatable bonds is 3. The molecule has 2 nitrogen and oxygen atoms in total. The molecule has 0 spiro atoms. The summed E-state index contributed by atoms with van der Waals surface area (Å²) in [4.78, 5) is 5.15. The highest BCUT2D eigenvalue weighted by Gasteiger charge is 2.31. The van der Waals surface area contributed by atoms with Crippen molar-refractivity contribution in [3.8, 4) is 0 Å². The number of benzene rings is 1. The molecule has 98 valence electrons. The Labute approximate surface area is 122 Å². The van der Waals surface area contributed by atoms with Crippen molar-refractivity contribution in [1.82, 2.24) is 9.80 Å². The van der Waals surface area contributed by atoms with E-state index in [-0.39, 0.29) is 0 Å². The molecular formula is C14H18BrClN2. The quantitative estimate of drug-likeness (QED) is 0.839. The zero-order valence-electron chi connectivity index (χ0n) is 10.4. The van der Waals surface area contributed by atoms with Crippen LogP contribution in [-0.2, 0) is 6.54 Å². The van der Waals surface area contributed by atoms with Crippen LogP contribution in [0.15, 0.2) is 22.7 Å². The third-order valence-corrected chi connectivity index (χ3v) is 4.72. The summed E-state index contributed by atoms with van der Waals surface area (Å²) < 4.78 is 1.05. The zero-order chi connectivity index (χ0) is 12.5. The van der Waals surface area contributed by atoms with E-state index in [9.17, 15) is 0 Å². The van der Waals surface area contributed by atoms with Crippen molar-refractivity contribution in [3.63, 3.8) is 0 Å². The number of hydrogen-bond acceptors (Lipinski definition) is 2. The third-order valence-electron chi connectivity index (χ3n) is 3.88. The van der Waals surface area contributed by atoms with Crippen LogP contribution in [0.4, 0.5) is 0 Å². The van der Waals surface area contributed by atoms with Gasteiger partial charge in [0.25, 0.3) is 0 Å². The van der Waals surface area contributed by atoms with Crippen LogP contribution in [0, 0.1) is 0 Å². The Morgan fingerprint density at radius 3 is 2.50 bits per heavy atom. The van der Waals surface area contributed by atoms with Gasteiger partial charge in [-0.05, 0) is 30.5 Å². The normalized spacial score (nSPS) is 22.3. The van der Waals surface area contributed by atoms with E-state index in [1.54, 1.807) is 0 Å². The van der Waals surface area contributed by atoms with Crippen molar-refractivity contribution < 1.29 is 0 Å². The highest BCUT2D eigenvalue weighted by atomic mass is 79.9. The lowest BCUT2D eigenvalue weighted by Crippen LogP contribution is -2.46. The topological polar surface area (TPSA) is 6.48 Å². The molecule has 1 saturated heterocycles. The van der Waals surface area contributed by atoms with Gasteiger partial charge < -0.3 is 0 Å². The van der Waals surface area contributed by atoms with Crippen molar-refractivity contribution in [1.29, 1.82) is 0 Å². The molecule has 0 aromatic heterocycles. The summed E-state index contributed by atoms with van der Waals surface area (Å²) in [6.45, 7) is 5.76. The van der Waals surface area contributed by atoms with Crippen molar-refractivity contribution >= 4 is 27.5 Å². The summed E-state index contributed by atoms with van der Waals surface area (Å²) in [7, 11) is 0. The fraction of sp³-hybridized carbons (Fsp3) is 0.571. The van der Waals surface area contributed by atoms with Crippen molar-refractivity contribution in [2.45, 2.75) is 25.4 Å². The van der Waals surface area contributed by atoms with Gasteiger partial charge in [0.2, 0.25) is 0 Å². The Morgan fingerprint density at radius 1 is 1.17 bits per heavy atom. The minimum absolute atomic E-state index is 0.869. The van der Waals surface area contributed by atoms with E-state index in [1.165, 1.54) is 44.6 Å². The molecule has 0 atom stereocenters. The molecule has 2 fully saturated rings. The molecule has 1 heterocycles. The summed E-state index contributed by atoms with van der Waals surface area (Å²) in [5.41, 5.74) is 1.24. The Hall–Kier alpha value is -0.0900. The second-order valence-electron chi connectivity index (χ2n) is 5.28. The number of piperazine rings is 1. The van der Waals surface area contributed by atoms with E-state index in [4.69, 9.17) is 11.6 Å². The molecular weight excluding hydrogens is 312 g/mol. The SMILES string of the molecule is Clc1cc(Br)ccc1CN1CCN(C2CC2)CC1. The summed E-state index contributed by atoms with van der Waals surface area (Å²) >= 11 is 9.72. The largest absolute Gasteiger partial charge is 0.298 e. The molecule has 1 saturated carbocycles. The first-order chi connectivity index (χ1) is 8.72. The van der Waals surface area contributed by atoms with Gasteiger partial charge in [-0.25, -0.2) is 0 Å². The van der Waals surface area contributed by atoms with Crippen LogP contribution in [0.3, 0.4) is 0 Å². The van der Waals surface area contributed by atoms with E-state index in [2.05, 4.69) is 37.9 Å². The van der Waals surface area contributed by atoms with Gasteiger partial charge in [-0.15, -0.1) is 0 Å².